The third kappa shape index (κ3) is 1.68. The minimum Gasteiger partial charge on any atom is -0.394 e. The fraction of sp³-hybridized carbons (Fsp3) is 0.727. The summed E-state index contributed by atoms with van der Waals surface area (Å²) in [6, 6.07) is 0.542. The SMILES string of the molecule is CCc1nn(C)c(NC2CC2(C)C)c1N. The first-order valence-electron chi connectivity index (χ1n) is 5.53. The second-order valence-electron chi connectivity index (χ2n) is 5.08. The van der Waals surface area contributed by atoms with E-state index >= 15 is 0 Å². The summed E-state index contributed by atoms with van der Waals surface area (Å²) in [5.74, 6) is 0.974. The maximum absolute atomic E-state index is 6.03. The van der Waals surface area contributed by atoms with Gasteiger partial charge in [-0.2, -0.15) is 5.10 Å². The molecule has 0 spiro atoms. The largest absolute Gasteiger partial charge is 0.394 e. The number of aryl methyl sites for hydroxylation is 2. The summed E-state index contributed by atoms with van der Waals surface area (Å²) in [6.45, 7) is 6.60. The van der Waals surface area contributed by atoms with Gasteiger partial charge in [-0.1, -0.05) is 20.8 Å². The Morgan fingerprint density at radius 1 is 1.60 bits per heavy atom. The molecule has 1 aliphatic rings. The molecule has 2 rings (SSSR count). The monoisotopic (exact) mass is 208 g/mol. The Kier molecular flexibility index (Phi) is 2.17. The topological polar surface area (TPSA) is 55.9 Å². The lowest BCUT2D eigenvalue weighted by Crippen LogP contribution is -2.12. The molecule has 1 unspecified atom stereocenters. The van der Waals surface area contributed by atoms with E-state index in [1.165, 1.54) is 6.42 Å². The van der Waals surface area contributed by atoms with E-state index in [0.717, 1.165) is 23.6 Å². The summed E-state index contributed by atoms with van der Waals surface area (Å²) in [4.78, 5) is 0. The van der Waals surface area contributed by atoms with Crippen molar-refractivity contribution in [3.05, 3.63) is 5.69 Å². The first-order valence-corrected chi connectivity index (χ1v) is 5.53. The molecule has 0 saturated heterocycles. The molecule has 1 saturated carbocycles. The van der Waals surface area contributed by atoms with Crippen LogP contribution < -0.4 is 11.1 Å². The van der Waals surface area contributed by atoms with Crippen LogP contribution in [0.25, 0.3) is 0 Å². The van der Waals surface area contributed by atoms with Gasteiger partial charge in [-0.05, 0) is 18.3 Å². The summed E-state index contributed by atoms with van der Waals surface area (Å²) in [5.41, 5.74) is 8.23. The van der Waals surface area contributed by atoms with Crippen molar-refractivity contribution in [2.24, 2.45) is 12.5 Å². The smallest absolute Gasteiger partial charge is 0.148 e. The quantitative estimate of drug-likeness (QED) is 0.796. The van der Waals surface area contributed by atoms with Crippen molar-refractivity contribution in [3.63, 3.8) is 0 Å². The fourth-order valence-corrected chi connectivity index (χ4v) is 1.91. The molecule has 3 N–H and O–H groups in total. The standard InChI is InChI=1S/C11H20N4/c1-5-7-9(12)10(15(4)14-7)13-8-6-11(8,2)3/h8,13H,5-6,12H2,1-4H3. The second kappa shape index (κ2) is 3.15. The van der Waals surface area contributed by atoms with Crippen LogP contribution in [-0.2, 0) is 13.5 Å². The zero-order valence-corrected chi connectivity index (χ0v) is 9.96. The van der Waals surface area contributed by atoms with Gasteiger partial charge in [-0.25, -0.2) is 0 Å². The number of nitrogens with zero attached hydrogens (tertiary/aromatic N) is 2. The molecular formula is C11H20N4. The van der Waals surface area contributed by atoms with Crippen LogP contribution in [0, 0.1) is 5.41 Å². The van der Waals surface area contributed by atoms with E-state index in [2.05, 4.69) is 31.2 Å². The van der Waals surface area contributed by atoms with Gasteiger partial charge >= 0.3 is 0 Å². The van der Waals surface area contributed by atoms with Crippen molar-refractivity contribution < 1.29 is 0 Å². The van der Waals surface area contributed by atoms with Crippen molar-refractivity contribution >= 4 is 11.5 Å². The van der Waals surface area contributed by atoms with Crippen molar-refractivity contribution in [1.29, 1.82) is 0 Å². The van der Waals surface area contributed by atoms with Crippen LogP contribution in [0.5, 0.6) is 0 Å². The molecule has 4 nitrogen and oxygen atoms in total. The van der Waals surface area contributed by atoms with Crippen molar-refractivity contribution in [2.75, 3.05) is 11.1 Å². The van der Waals surface area contributed by atoms with Crippen LogP contribution in [0.3, 0.4) is 0 Å². The Labute approximate surface area is 90.8 Å². The van der Waals surface area contributed by atoms with Gasteiger partial charge in [-0.3, -0.25) is 4.68 Å². The zero-order chi connectivity index (χ0) is 11.2. The van der Waals surface area contributed by atoms with E-state index in [9.17, 15) is 0 Å². The van der Waals surface area contributed by atoms with E-state index in [4.69, 9.17) is 5.73 Å². The first kappa shape index (κ1) is 10.3. The van der Waals surface area contributed by atoms with Crippen LogP contribution in [-0.4, -0.2) is 15.8 Å². The van der Waals surface area contributed by atoms with E-state index in [1.54, 1.807) is 0 Å². The van der Waals surface area contributed by atoms with Crippen LogP contribution >= 0.6 is 0 Å². The highest BCUT2D eigenvalue weighted by Crippen LogP contribution is 2.47. The maximum atomic E-state index is 6.03. The molecular weight excluding hydrogens is 188 g/mol. The molecule has 0 aliphatic heterocycles. The van der Waals surface area contributed by atoms with Gasteiger partial charge in [0.2, 0.25) is 0 Å². The number of hydrogen-bond acceptors (Lipinski definition) is 3. The summed E-state index contributed by atoms with van der Waals surface area (Å²) < 4.78 is 1.85. The zero-order valence-electron chi connectivity index (χ0n) is 9.96. The minimum absolute atomic E-state index is 0.406. The molecule has 1 atom stereocenters. The predicted molar refractivity (Wildman–Crippen MR) is 62.8 cm³/mol. The average molecular weight is 208 g/mol. The fourth-order valence-electron chi connectivity index (χ4n) is 1.91. The summed E-state index contributed by atoms with van der Waals surface area (Å²) >= 11 is 0. The Bertz CT molecular complexity index is 378. The minimum atomic E-state index is 0.406. The summed E-state index contributed by atoms with van der Waals surface area (Å²) in [6.07, 6.45) is 2.09. The number of anilines is 2. The second-order valence-corrected chi connectivity index (χ2v) is 5.08. The molecule has 84 valence electrons. The van der Waals surface area contributed by atoms with Gasteiger partial charge in [0.05, 0.1) is 11.4 Å². The Hall–Kier alpha value is -1.19. The molecule has 1 fully saturated rings. The molecule has 1 aromatic heterocycles. The van der Waals surface area contributed by atoms with Gasteiger partial charge in [0, 0.05) is 13.1 Å². The number of nitrogen functional groups attached to an aromatic ring is 1. The Morgan fingerprint density at radius 3 is 2.60 bits per heavy atom. The molecule has 15 heavy (non-hydrogen) atoms. The Morgan fingerprint density at radius 2 is 2.20 bits per heavy atom. The van der Waals surface area contributed by atoms with Crippen molar-refractivity contribution in [1.82, 2.24) is 9.78 Å². The number of nitrogens with one attached hydrogen (secondary N) is 1. The molecule has 0 radical (unpaired) electrons. The molecule has 0 aromatic carbocycles. The lowest BCUT2D eigenvalue weighted by atomic mass is 10.2. The van der Waals surface area contributed by atoms with Crippen LogP contribution in [0.2, 0.25) is 0 Å². The van der Waals surface area contributed by atoms with Gasteiger partial charge in [0.1, 0.15) is 5.82 Å². The third-order valence-corrected chi connectivity index (χ3v) is 3.32. The van der Waals surface area contributed by atoms with E-state index in [0.29, 0.717) is 11.5 Å². The summed E-state index contributed by atoms with van der Waals surface area (Å²) in [5, 5.41) is 7.86. The average Bonchev–Trinajstić information content (AvgIpc) is 2.67. The molecule has 4 heteroatoms. The maximum Gasteiger partial charge on any atom is 0.148 e. The van der Waals surface area contributed by atoms with E-state index < -0.39 is 0 Å². The highest BCUT2D eigenvalue weighted by Gasteiger charge is 2.46. The highest BCUT2D eigenvalue weighted by molar-refractivity contribution is 5.66. The molecule has 1 aromatic rings. The number of aromatic nitrogens is 2. The van der Waals surface area contributed by atoms with Crippen LogP contribution in [0.4, 0.5) is 11.5 Å². The molecule has 1 heterocycles. The van der Waals surface area contributed by atoms with Gasteiger partial charge < -0.3 is 11.1 Å². The lowest BCUT2D eigenvalue weighted by molar-refractivity contribution is 0.626. The highest BCUT2D eigenvalue weighted by atomic mass is 15.3. The predicted octanol–water partition coefficient (Wildman–Crippen LogP) is 1.78. The van der Waals surface area contributed by atoms with Crippen LogP contribution in [0.1, 0.15) is 32.9 Å². The number of hydrogen-bond donors (Lipinski definition) is 2. The molecule has 0 amide bonds. The first-order chi connectivity index (χ1) is 6.95. The summed E-state index contributed by atoms with van der Waals surface area (Å²) in [7, 11) is 1.94. The third-order valence-electron chi connectivity index (χ3n) is 3.32. The van der Waals surface area contributed by atoms with E-state index in [1.807, 2.05) is 11.7 Å². The molecule has 1 aliphatic carbocycles. The lowest BCUT2D eigenvalue weighted by Gasteiger charge is -2.09. The van der Waals surface area contributed by atoms with Gasteiger partial charge in [0.15, 0.2) is 0 Å². The normalized spacial score (nSPS) is 22.8. The van der Waals surface area contributed by atoms with Gasteiger partial charge in [0.25, 0.3) is 0 Å². The number of nitrogens with two attached hydrogens (primary N) is 1. The van der Waals surface area contributed by atoms with Gasteiger partial charge in [-0.15, -0.1) is 0 Å². The van der Waals surface area contributed by atoms with Crippen LogP contribution in [0.15, 0.2) is 0 Å². The Balaban J connectivity index is 2.18. The van der Waals surface area contributed by atoms with E-state index in [-0.39, 0.29) is 0 Å². The number of rotatable bonds is 3. The van der Waals surface area contributed by atoms with Crippen molar-refractivity contribution in [2.45, 2.75) is 39.7 Å². The molecule has 0 bridgehead atoms. The van der Waals surface area contributed by atoms with Crippen molar-refractivity contribution in [3.8, 4) is 0 Å².